The lowest BCUT2D eigenvalue weighted by molar-refractivity contribution is 0.457. The molecule has 2 heterocycles. The SMILES string of the molecule is CN(C)S(=O)(=O)Cc1ccc(N=Cc2c(O)[nH]c3ccc(-c4cnco4)cc23)cc1. The molecule has 9 heteroatoms. The van der Waals surface area contributed by atoms with E-state index in [-0.39, 0.29) is 11.6 Å². The average Bonchev–Trinajstić information content (AvgIpc) is 3.34. The van der Waals surface area contributed by atoms with Crippen molar-refractivity contribution in [1.29, 1.82) is 0 Å². The van der Waals surface area contributed by atoms with Gasteiger partial charge in [-0.25, -0.2) is 17.7 Å². The molecule has 30 heavy (non-hydrogen) atoms. The lowest BCUT2D eigenvalue weighted by Gasteiger charge is -2.11. The van der Waals surface area contributed by atoms with Crippen LogP contribution in [0.4, 0.5) is 5.69 Å². The van der Waals surface area contributed by atoms with Gasteiger partial charge < -0.3 is 14.5 Å². The molecule has 4 rings (SSSR count). The predicted octanol–water partition coefficient (Wildman–Crippen LogP) is 3.67. The molecule has 0 atom stereocenters. The molecule has 0 fully saturated rings. The van der Waals surface area contributed by atoms with Gasteiger partial charge >= 0.3 is 0 Å². The third-order valence-electron chi connectivity index (χ3n) is 4.72. The van der Waals surface area contributed by atoms with E-state index in [4.69, 9.17) is 4.42 Å². The topological polar surface area (TPSA) is 112 Å². The maximum Gasteiger partial charge on any atom is 0.217 e. The van der Waals surface area contributed by atoms with E-state index in [0.717, 1.165) is 16.5 Å². The largest absolute Gasteiger partial charge is 0.494 e. The minimum absolute atomic E-state index is 0.0113. The van der Waals surface area contributed by atoms with Crippen LogP contribution in [0.1, 0.15) is 11.1 Å². The van der Waals surface area contributed by atoms with Crippen molar-refractivity contribution in [3.63, 3.8) is 0 Å². The minimum Gasteiger partial charge on any atom is -0.494 e. The first kappa shape index (κ1) is 19.9. The van der Waals surface area contributed by atoms with Crippen molar-refractivity contribution < 1.29 is 17.9 Å². The molecule has 0 spiro atoms. The van der Waals surface area contributed by atoms with Crippen molar-refractivity contribution in [2.75, 3.05) is 14.1 Å². The second kappa shape index (κ2) is 7.77. The fraction of sp³-hybridized carbons (Fsp3) is 0.143. The van der Waals surface area contributed by atoms with Crippen LogP contribution in [-0.2, 0) is 15.8 Å². The van der Waals surface area contributed by atoms with Crippen LogP contribution >= 0.6 is 0 Å². The van der Waals surface area contributed by atoms with Gasteiger partial charge in [0.2, 0.25) is 10.0 Å². The molecule has 154 valence electrons. The molecule has 0 aliphatic rings. The van der Waals surface area contributed by atoms with Gasteiger partial charge in [0.15, 0.2) is 18.0 Å². The average molecular weight is 424 g/mol. The summed E-state index contributed by atoms with van der Waals surface area (Å²) in [5.41, 5.74) is 3.46. The minimum atomic E-state index is -3.32. The lowest BCUT2D eigenvalue weighted by Crippen LogP contribution is -2.23. The highest BCUT2D eigenvalue weighted by molar-refractivity contribution is 7.88. The van der Waals surface area contributed by atoms with Crippen LogP contribution in [0.5, 0.6) is 5.88 Å². The number of fused-ring (bicyclic) bond motifs is 1. The molecule has 0 aliphatic carbocycles. The van der Waals surface area contributed by atoms with E-state index in [0.29, 0.717) is 22.6 Å². The molecule has 0 saturated heterocycles. The molecular formula is C21H20N4O4S. The quantitative estimate of drug-likeness (QED) is 0.459. The fourth-order valence-corrected chi connectivity index (χ4v) is 3.87. The van der Waals surface area contributed by atoms with E-state index in [1.165, 1.54) is 24.8 Å². The van der Waals surface area contributed by atoms with Crippen molar-refractivity contribution in [3.8, 4) is 17.2 Å². The van der Waals surface area contributed by atoms with E-state index < -0.39 is 10.0 Å². The third-order valence-corrected chi connectivity index (χ3v) is 6.53. The molecule has 2 aromatic carbocycles. The van der Waals surface area contributed by atoms with Gasteiger partial charge in [-0.15, -0.1) is 0 Å². The van der Waals surface area contributed by atoms with E-state index in [1.807, 2.05) is 18.2 Å². The van der Waals surface area contributed by atoms with Crippen LogP contribution in [0.2, 0.25) is 0 Å². The van der Waals surface area contributed by atoms with Gasteiger partial charge in [0.05, 0.1) is 23.2 Å². The third kappa shape index (κ3) is 3.98. The van der Waals surface area contributed by atoms with E-state index in [1.54, 1.807) is 36.7 Å². The van der Waals surface area contributed by atoms with Crippen LogP contribution in [0.3, 0.4) is 0 Å². The van der Waals surface area contributed by atoms with E-state index in [2.05, 4.69) is 15.0 Å². The Morgan fingerprint density at radius 2 is 1.97 bits per heavy atom. The van der Waals surface area contributed by atoms with Crippen molar-refractivity contribution in [1.82, 2.24) is 14.3 Å². The maximum atomic E-state index is 12.0. The highest BCUT2D eigenvalue weighted by Crippen LogP contribution is 2.30. The Morgan fingerprint density at radius 1 is 1.20 bits per heavy atom. The van der Waals surface area contributed by atoms with Crippen molar-refractivity contribution in [2.45, 2.75) is 5.75 Å². The standard InChI is InChI=1S/C21H20N4O4S/c1-25(2)30(27,28)12-14-3-6-16(7-4-14)23-10-18-17-9-15(20-11-22-13-29-20)5-8-19(17)24-21(18)26/h3-11,13,24,26H,12H2,1-2H3. The van der Waals surface area contributed by atoms with Crippen LogP contribution in [-0.4, -0.2) is 48.1 Å². The smallest absolute Gasteiger partial charge is 0.217 e. The monoisotopic (exact) mass is 424 g/mol. The first-order valence-electron chi connectivity index (χ1n) is 9.10. The number of hydrogen-bond acceptors (Lipinski definition) is 6. The number of rotatable bonds is 6. The summed E-state index contributed by atoms with van der Waals surface area (Å²) < 4.78 is 30.5. The van der Waals surface area contributed by atoms with Crippen molar-refractivity contribution in [3.05, 3.63) is 66.2 Å². The number of aromatic hydroxyl groups is 1. The summed E-state index contributed by atoms with van der Waals surface area (Å²) in [5, 5.41) is 11.1. The first-order chi connectivity index (χ1) is 14.3. The summed E-state index contributed by atoms with van der Waals surface area (Å²) >= 11 is 0. The molecule has 0 radical (unpaired) electrons. The molecule has 2 N–H and O–H groups in total. The predicted molar refractivity (Wildman–Crippen MR) is 115 cm³/mol. The zero-order chi connectivity index (χ0) is 21.3. The zero-order valence-corrected chi connectivity index (χ0v) is 17.2. The van der Waals surface area contributed by atoms with Gasteiger partial charge in [0.1, 0.15) is 0 Å². The highest BCUT2D eigenvalue weighted by atomic mass is 32.2. The van der Waals surface area contributed by atoms with E-state index >= 15 is 0 Å². The molecule has 0 saturated carbocycles. The van der Waals surface area contributed by atoms with Crippen LogP contribution < -0.4 is 0 Å². The Morgan fingerprint density at radius 3 is 2.63 bits per heavy atom. The summed E-state index contributed by atoms with van der Waals surface area (Å²) in [7, 11) is -0.300. The number of nitrogens with zero attached hydrogens (tertiary/aromatic N) is 3. The number of nitrogens with one attached hydrogen (secondary N) is 1. The molecule has 2 aromatic heterocycles. The van der Waals surface area contributed by atoms with Gasteiger partial charge in [-0.05, 0) is 35.9 Å². The Bertz CT molecular complexity index is 1310. The fourth-order valence-electron chi connectivity index (χ4n) is 3.00. The zero-order valence-electron chi connectivity index (χ0n) is 16.4. The number of hydrogen-bond donors (Lipinski definition) is 2. The molecule has 0 unspecified atom stereocenters. The second-order valence-electron chi connectivity index (χ2n) is 6.98. The Hall–Kier alpha value is -3.43. The van der Waals surface area contributed by atoms with Crippen LogP contribution in [0.15, 0.2) is 64.5 Å². The number of aromatic nitrogens is 2. The Balaban J connectivity index is 1.61. The normalized spacial score (nSPS) is 12.4. The molecule has 0 amide bonds. The van der Waals surface area contributed by atoms with Gasteiger partial charge in [-0.1, -0.05) is 12.1 Å². The van der Waals surface area contributed by atoms with Crippen LogP contribution in [0, 0.1) is 0 Å². The number of H-pyrrole nitrogens is 1. The van der Waals surface area contributed by atoms with Gasteiger partial charge in [-0.2, -0.15) is 0 Å². The highest BCUT2D eigenvalue weighted by Gasteiger charge is 2.14. The van der Waals surface area contributed by atoms with Gasteiger partial charge in [0, 0.05) is 36.8 Å². The molecule has 4 aromatic rings. The molecule has 8 nitrogen and oxygen atoms in total. The van der Waals surface area contributed by atoms with Gasteiger partial charge in [-0.3, -0.25) is 4.99 Å². The van der Waals surface area contributed by atoms with Gasteiger partial charge in [0.25, 0.3) is 0 Å². The number of aliphatic imine (C=N–C) groups is 1. The summed E-state index contributed by atoms with van der Waals surface area (Å²) in [4.78, 5) is 11.3. The summed E-state index contributed by atoms with van der Waals surface area (Å²) in [5.74, 6) is 0.568. The number of sulfonamides is 1. The van der Waals surface area contributed by atoms with E-state index in [9.17, 15) is 13.5 Å². The van der Waals surface area contributed by atoms with Crippen molar-refractivity contribution in [2.24, 2.45) is 4.99 Å². The number of aromatic amines is 1. The number of oxazole rings is 1. The number of benzene rings is 2. The first-order valence-corrected chi connectivity index (χ1v) is 10.7. The van der Waals surface area contributed by atoms with Crippen LogP contribution in [0.25, 0.3) is 22.2 Å². The summed E-state index contributed by atoms with van der Waals surface area (Å²) in [6, 6.07) is 12.6. The second-order valence-corrected chi connectivity index (χ2v) is 9.16. The Kier molecular flexibility index (Phi) is 5.15. The Labute approximate surface area is 173 Å². The summed E-state index contributed by atoms with van der Waals surface area (Å²) in [6.07, 6.45) is 4.56. The summed E-state index contributed by atoms with van der Waals surface area (Å²) in [6.45, 7) is 0. The van der Waals surface area contributed by atoms with Crippen molar-refractivity contribution >= 4 is 32.8 Å². The lowest BCUT2D eigenvalue weighted by atomic mass is 10.1. The molecular weight excluding hydrogens is 404 g/mol. The molecule has 0 bridgehead atoms. The maximum absolute atomic E-state index is 12.0. The molecule has 0 aliphatic heterocycles.